The van der Waals surface area contributed by atoms with Crippen LogP contribution in [0.4, 0.5) is 11.4 Å². The van der Waals surface area contributed by atoms with E-state index in [4.69, 9.17) is 11.6 Å². The number of fused-ring (bicyclic) bond motifs is 1. The lowest BCUT2D eigenvalue weighted by atomic mass is 9.88. The van der Waals surface area contributed by atoms with Crippen molar-refractivity contribution in [1.82, 2.24) is 4.72 Å². The molecule has 1 amide bonds. The first-order valence-corrected chi connectivity index (χ1v) is 13.3. The van der Waals surface area contributed by atoms with Crippen LogP contribution in [0.2, 0.25) is 0 Å². The third-order valence-electron chi connectivity index (χ3n) is 6.18. The fourth-order valence-corrected chi connectivity index (χ4v) is 6.24. The molecule has 1 saturated heterocycles. The van der Waals surface area contributed by atoms with Crippen molar-refractivity contribution < 1.29 is 13.2 Å². The van der Waals surface area contributed by atoms with E-state index in [0.29, 0.717) is 30.1 Å². The lowest BCUT2D eigenvalue weighted by Gasteiger charge is -2.28. The van der Waals surface area contributed by atoms with Crippen LogP contribution in [0.5, 0.6) is 0 Å². The molecule has 2 aromatic rings. The Balaban J connectivity index is 1.64. The molecule has 172 valence electrons. The van der Waals surface area contributed by atoms with Crippen molar-refractivity contribution in [1.29, 1.82) is 0 Å². The van der Waals surface area contributed by atoms with Crippen LogP contribution < -0.4 is 14.9 Å². The number of halogens is 1. The van der Waals surface area contributed by atoms with Gasteiger partial charge in [0, 0.05) is 37.1 Å². The number of carbonyl (C=O) groups is 1. The van der Waals surface area contributed by atoms with Crippen LogP contribution in [0.15, 0.2) is 47.4 Å². The van der Waals surface area contributed by atoms with Crippen LogP contribution in [0.25, 0.3) is 0 Å². The molecule has 1 heterocycles. The van der Waals surface area contributed by atoms with Crippen molar-refractivity contribution in [3.8, 4) is 0 Å². The number of anilines is 2. The fraction of sp³-hybridized carbons (Fsp3) is 0.458. The number of aryl methyl sites for hydroxylation is 1. The quantitative estimate of drug-likeness (QED) is 0.547. The molecule has 1 atom stereocenters. The van der Waals surface area contributed by atoms with Crippen LogP contribution in [-0.4, -0.2) is 33.3 Å². The van der Waals surface area contributed by atoms with Gasteiger partial charge in [0.05, 0.1) is 5.69 Å². The number of benzene rings is 2. The minimum Gasteiger partial charge on any atom is -0.370 e. The monoisotopic (exact) mass is 475 g/mol. The van der Waals surface area contributed by atoms with E-state index in [0.717, 1.165) is 50.8 Å². The van der Waals surface area contributed by atoms with Crippen LogP contribution in [0.3, 0.4) is 0 Å². The predicted molar refractivity (Wildman–Crippen MR) is 129 cm³/mol. The zero-order chi connectivity index (χ0) is 22.6. The fourth-order valence-electron chi connectivity index (χ4n) is 4.60. The lowest BCUT2D eigenvalue weighted by molar-refractivity contribution is -0.116. The van der Waals surface area contributed by atoms with Gasteiger partial charge in [-0.2, -0.15) is 0 Å². The van der Waals surface area contributed by atoms with Gasteiger partial charge in [-0.25, -0.2) is 13.1 Å². The maximum absolute atomic E-state index is 13.6. The number of nitrogens with one attached hydrogen (secondary N) is 2. The molecule has 6 nitrogen and oxygen atoms in total. The maximum Gasteiger partial charge on any atom is 0.243 e. The van der Waals surface area contributed by atoms with Crippen molar-refractivity contribution in [2.75, 3.05) is 29.2 Å². The van der Waals surface area contributed by atoms with Crippen molar-refractivity contribution >= 4 is 38.9 Å². The van der Waals surface area contributed by atoms with Gasteiger partial charge in [0.15, 0.2) is 0 Å². The molecule has 1 fully saturated rings. The molecule has 2 aromatic carbocycles. The number of alkyl halides is 1. The van der Waals surface area contributed by atoms with Crippen molar-refractivity contribution in [3.63, 3.8) is 0 Å². The number of amides is 1. The Bertz CT molecular complexity index is 1070. The average molecular weight is 476 g/mol. The van der Waals surface area contributed by atoms with Crippen LogP contribution in [-0.2, 0) is 21.2 Å². The Hall–Kier alpha value is -2.09. The Morgan fingerprint density at radius 2 is 1.88 bits per heavy atom. The summed E-state index contributed by atoms with van der Waals surface area (Å²) in [6.07, 6.45) is 5.64. The van der Waals surface area contributed by atoms with Crippen molar-refractivity contribution in [2.24, 2.45) is 0 Å². The van der Waals surface area contributed by atoms with E-state index in [1.165, 1.54) is 5.56 Å². The molecule has 1 aliphatic heterocycles. The number of sulfonamides is 1. The van der Waals surface area contributed by atoms with E-state index >= 15 is 0 Å². The Morgan fingerprint density at radius 1 is 1.09 bits per heavy atom. The van der Waals surface area contributed by atoms with Gasteiger partial charge in [-0.05, 0) is 67.9 Å². The summed E-state index contributed by atoms with van der Waals surface area (Å²) >= 11 is 5.68. The summed E-state index contributed by atoms with van der Waals surface area (Å²) in [5, 5.41) is 2.82. The van der Waals surface area contributed by atoms with E-state index in [1.807, 2.05) is 24.3 Å². The summed E-state index contributed by atoms with van der Waals surface area (Å²) in [5.41, 5.74) is 3.43. The summed E-state index contributed by atoms with van der Waals surface area (Å²) in [5.74, 6) is 0.241. The van der Waals surface area contributed by atoms with Gasteiger partial charge < -0.3 is 10.2 Å². The van der Waals surface area contributed by atoms with Gasteiger partial charge >= 0.3 is 0 Å². The third kappa shape index (κ3) is 5.27. The minimum atomic E-state index is -3.81. The SMILES string of the molecule is O=C(CCCCl)Nc1ccc(N2CCCC2)c(S(=O)(=O)N[C@@H]2CCCc3ccccc32)c1. The zero-order valence-corrected chi connectivity index (χ0v) is 19.7. The molecule has 2 aliphatic rings. The molecule has 0 spiro atoms. The summed E-state index contributed by atoms with van der Waals surface area (Å²) in [7, 11) is -3.81. The molecular formula is C24H30ClN3O3S. The molecule has 32 heavy (non-hydrogen) atoms. The first-order valence-electron chi connectivity index (χ1n) is 11.3. The molecule has 2 N–H and O–H groups in total. The molecule has 0 bridgehead atoms. The van der Waals surface area contributed by atoms with Gasteiger partial charge in [-0.1, -0.05) is 24.3 Å². The molecule has 0 radical (unpaired) electrons. The van der Waals surface area contributed by atoms with E-state index in [-0.39, 0.29) is 16.8 Å². The first-order chi connectivity index (χ1) is 15.5. The van der Waals surface area contributed by atoms with Crippen LogP contribution >= 0.6 is 11.6 Å². The average Bonchev–Trinajstić information content (AvgIpc) is 3.32. The summed E-state index contributed by atoms with van der Waals surface area (Å²) < 4.78 is 30.2. The van der Waals surface area contributed by atoms with E-state index < -0.39 is 10.0 Å². The number of carbonyl (C=O) groups excluding carboxylic acids is 1. The molecule has 0 saturated carbocycles. The van der Waals surface area contributed by atoms with Gasteiger partial charge in [0.25, 0.3) is 0 Å². The van der Waals surface area contributed by atoms with E-state index in [2.05, 4.69) is 21.0 Å². The highest BCUT2D eigenvalue weighted by atomic mass is 35.5. The Labute approximate surface area is 195 Å². The largest absolute Gasteiger partial charge is 0.370 e. The minimum absolute atomic E-state index is 0.169. The van der Waals surface area contributed by atoms with Gasteiger partial charge in [0.2, 0.25) is 15.9 Å². The second kappa shape index (κ2) is 10.2. The zero-order valence-electron chi connectivity index (χ0n) is 18.1. The van der Waals surface area contributed by atoms with Gasteiger partial charge in [-0.3, -0.25) is 4.79 Å². The molecule has 8 heteroatoms. The number of hydrogen-bond donors (Lipinski definition) is 2. The molecular weight excluding hydrogens is 446 g/mol. The molecule has 0 unspecified atom stereocenters. The second-order valence-corrected chi connectivity index (χ2v) is 10.5. The van der Waals surface area contributed by atoms with Crippen molar-refractivity contribution in [3.05, 3.63) is 53.6 Å². The van der Waals surface area contributed by atoms with E-state index in [9.17, 15) is 13.2 Å². The standard InChI is InChI=1S/C24H30ClN3O3S/c25-14-6-11-24(29)26-19-12-13-22(28-15-3-4-16-28)23(17-19)32(30,31)27-21-10-5-8-18-7-1-2-9-20(18)21/h1-2,7,9,12-13,17,21,27H,3-6,8,10-11,14-16H2,(H,26,29)/t21-/m1/s1. The van der Waals surface area contributed by atoms with Crippen LogP contribution in [0.1, 0.15) is 55.7 Å². The lowest BCUT2D eigenvalue weighted by Crippen LogP contribution is -2.32. The van der Waals surface area contributed by atoms with Gasteiger partial charge in [-0.15, -0.1) is 11.6 Å². The van der Waals surface area contributed by atoms with Gasteiger partial charge in [0.1, 0.15) is 4.90 Å². The van der Waals surface area contributed by atoms with Crippen LogP contribution in [0, 0.1) is 0 Å². The predicted octanol–water partition coefficient (Wildman–Crippen LogP) is 4.60. The summed E-state index contributed by atoms with van der Waals surface area (Å²) in [6, 6.07) is 13.0. The smallest absolute Gasteiger partial charge is 0.243 e. The first kappa shape index (κ1) is 23.1. The third-order valence-corrected chi connectivity index (χ3v) is 7.95. The summed E-state index contributed by atoms with van der Waals surface area (Å²) in [6.45, 7) is 1.66. The van der Waals surface area contributed by atoms with E-state index in [1.54, 1.807) is 12.1 Å². The molecule has 0 aromatic heterocycles. The highest BCUT2D eigenvalue weighted by molar-refractivity contribution is 7.89. The second-order valence-electron chi connectivity index (χ2n) is 8.48. The molecule has 1 aliphatic carbocycles. The Kier molecular flexibility index (Phi) is 7.38. The Morgan fingerprint density at radius 3 is 2.66 bits per heavy atom. The normalized spacial score (nSPS) is 18.4. The number of nitrogens with zero attached hydrogens (tertiary/aromatic N) is 1. The van der Waals surface area contributed by atoms with Crippen molar-refractivity contribution in [2.45, 2.75) is 55.9 Å². The maximum atomic E-state index is 13.6. The topological polar surface area (TPSA) is 78.5 Å². The number of hydrogen-bond acceptors (Lipinski definition) is 4. The highest BCUT2D eigenvalue weighted by Gasteiger charge is 2.29. The number of rotatable bonds is 8. The highest BCUT2D eigenvalue weighted by Crippen LogP contribution is 2.35. The summed E-state index contributed by atoms with van der Waals surface area (Å²) in [4.78, 5) is 14.5. The molecule has 4 rings (SSSR count).